The van der Waals surface area contributed by atoms with E-state index in [0.29, 0.717) is 0 Å². The van der Waals surface area contributed by atoms with Crippen molar-refractivity contribution in [2.45, 2.75) is 40.0 Å². The molecule has 1 aliphatic rings. The van der Waals surface area contributed by atoms with Gasteiger partial charge < -0.3 is 4.90 Å². The van der Waals surface area contributed by atoms with Crippen LogP contribution in [-0.2, 0) is 0 Å². The highest BCUT2D eigenvalue weighted by Gasteiger charge is 2.16. The molecule has 1 aromatic heterocycles. The molecule has 0 radical (unpaired) electrons. The molecule has 0 bridgehead atoms. The van der Waals surface area contributed by atoms with Gasteiger partial charge in [-0.05, 0) is 30.9 Å². The maximum absolute atomic E-state index is 4.36. The molecule has 2 heteroatoms. The molecule has 1 saturated heterocycles. The summed E-state index contributed by atoms with van der Waals surface area (Å²) >= 11 is 0. The Bertz CT molecular complexity index is 271. The van der Waals surface area contributed by atoms with Crippen LogP contribution in [0.2, 0.25) is 0 Å². The fourth-order valence-corrected chi connectivity index (χ4v) is 1.94. The van der Waals surface area contributed by atoms with Crippen molar-refractivity contribution in [3.63, 3.8) is 0 Å². The van der Waals surface area contributed by atoms with Crippen LogP contribution < -0.4 is 4.90 Å². The highest BCUT2D eigenvalue weighted by atomic mass is 15.2. The number of pyridine rings is 1. The van der Waals surface area contributed by atoms with Gasteiger partial charge in [-0.3, -0.25) is 0 Å². The first-order valence-electron chi connectivity index (χ1n) is 6.43. The van der Waals surface area contributed by atoms with E-state index in [9.17, 15) is 0 Å². The van der Waals surface area contributed by atoms with E-state index in [4.69, 9.17) is 0 Å². The third-order valence-electron chi connectivity index (χ3n) is 2.63. The molecule has 0 aromatic carbocycles. The van der Waals surface area contributed by atoms with Crippen molar-refractivity contribution in [3.8, 4) is 0 Å². The third kappa shape index (κ3) is 4.21. The van der Waals surface area contributed by atoms with Crippen molar-refractivity contribution in [1.29, 1.82) is 0 Å². The van der Waals surface area contributed by atoms with Crippen LogP contribution in [0.5, 0.6) is 0 Å². The summed E-state index contributed by atoms with van der Waals surface area (Å²) in [7, 11) is 0. The van der Waals surface area contributed by atoms with E-state index in [0.717, 1.165) is 18.3 Å². The summed E-state index contributed by atoms with van der Waals surface area (Å²) in [4.78, 5) is 6.75. The number of nitrogens with zero attached hydrogens (tertiary/aromatic N) is 2. The van der Waals surface area contributed by atoms with Crippen LogP contribution in [0, 0.1) is 5.92 Å². The minimum atomic E-state index is 0.816. The molecular formula is C14H24N2. The third-order valence-corrected chi connectivity index (χ3v) is 2.63. The lowest BCUT2D eigenvalue weighted by Crippen LogP contribution is -2.34. The fraction of sp³-hybridized carbons (Fsp3) is 0.643. The predicted molar refractivity (Wildman–Crippen MR) is 70.8 cm³/mol. The molecule has 1 atom stereocenters. The summed E-state index contributed by atoms with van der Waals surface area (Å²) in [6.07, 6.45) is 5.79. The van der Waals surface area contributed by atoms with Crippen molar-refractivity contribution in [3.05, 3.63) is 24.4 Å². The topological polar surface area (TPSA) is 16.1 Å². The Balaban J connectivity index is 0.000000386. The SMILES string of the molecule is CC1CCCN(c2ccccn2)C1.CCC. The molecule has 2 rings (SSSR count). The van der Waals surface area contributed by atoms with Crippen LogP contribution in [0.15, 0.2) is 24.4 Å². The largest absolute Gasteiger partial charge is 0.356 e. The Morgan fingerprint density at radius 3 is 2.69 bits per heavy atom. The molecule has 16 heavy (non-hydrogen) atoms. The molecule has 0 saturated carbocycles. The molecule has 90 valence electrons. The first-order valence-corrected chi connectivity index (χ1v) is 6.43. The second kappa shape index (κ2) is 7.26. The second-order valence-corrected chi connectivity index (χ2v) is 4.59. The highest BCUT2D eigenvalue weighted by molar-refractivity contribution is 5.37. The van der Waals surface area contributed by atoms with Gasteiger partial charge in [0, 0.05) is 19.3 Å². The van der Waals surface area contributed by atoms with Crippen molar-refractivity contribution in [1.82, 2.24) is 4.98 Å². The van der Waals surface area contributed by atoms with Crippen LogP contribution in [-0.4, -0.2) is 18.1 Å². The normalized spacial score (nSPS) is 19.9. The standard InChI is InChI=1S/C11H16N2.C3H8/c1-10-5-4-8-13(9-10)11-6-2-3-7-12-11;1-3-2/h2-3,6-7,10H,4-5,8-9H2,1H3;3H2,1-2H3. The quantitative estimate of drug-likeness (QED) is 0.717. The predicted octanol–water partition coefficient (Wildman–Crippen LogP) is 3.73. The lowest BCUT2D eigenvalue weighted by atomic mass is 10.0. The molecule has 1 unspecified atom stereocenters. The van der Waals surface area contributed by atoms with E-state index in [2.05, 4.69) is 42.8 Å². The molecule has 1 fully saturated rings. The van der Waals surface area contributed by atoms with Gasteiger partial charge in [0.25, 0.3) is 0 Å². The smallest absolute Gasteiger partial charge is 0.128 e. The first-order chi connectivity index (χ1) is 7.77. The van der Waals surface area contributed by atoms with Crippen LogP contribution in [0.25, 0.3) is 0 Å². The van der Waals surface area contributed by atoms with Crippen LogP contribution in [0.1, 0.15) is 40.0 Å². The van der Waals surface area contributed by atoms with Crippen molar-refractivity contribution in [2.24, 2.45) is 5.92 Å². The minimum absolute atomic E-state index is 0.816. The Kier molecular flexibility index (Phi) is 5.91. The lowest BCUT2D eigenvalue weighted by Gasteiger charge is -2.31. The van der Waals surface area contributed by atoms with E-state index in [1.54, 1.807) is 0 Å². The van der Waals surface area contributed by atoms with E-state index < -0.39 is 0 Å². The summed E-state index contributed by atoms with van der Waals surface area (Å²) in [6, 6.07) is 6.12. The maximum Gasteiger partial charge on any atom is 0.128 e. The molecule has 2 heterocycles. The van der Waals surface area contributed by atoms with Crippen molar-refractivity contribution >= 4 is 5.82 Å². The van der Waals surface area contributed by atoms with Gasteiger partial charge in [0.1, 0.15) is 5.82 Å². The summed E-state index contributed by atoms with van der Waals surface area (Å²) in [5.41, 5.74) is 0. The zero-order valence-electron chi connectivity index (χ0n) is 10.8. The minimum Gasteiger partial charge on any atom is -0.356 e. The van der Waals surface area contributed by atoms with Crippen LogP contribution in [0.4, 0.5) is 5.82 Å². The lowest BCUT2D eigenvalue weighted by molar-refractivity contribution is 0.444. The molecular weight excluding hydrogens is 196 g/mol. The zero-order chi connectivity index (χ0) is 11.8. The fourth-order valence-electron chi connectivity index (χ4n) is 1.94. The average molecular weight is 220 g/mol. The second-order valence-electron chi connectivity index (χ2n) is 4.59. The number of hydrogen-bond acceptors (Lipinski definition) is 2. The van der Waals surface area contributed by atoms with Gasteiger partial charge in [0.05, 0.1) is 0 Å². The number of rotatable bonds is 1. The van der Waals surface area contributed by atoms with E-state index in [-0.39, 0.29) is 0 Å². The first kappa shape index (κ1) is 13.0. The van der Waals surface area contributed by atoms with Crippen molar-refractivity contribution < 1.29 is 0 Å². The van der Waals surface area contributed by atoms with Gasteiger partial charge in [-0.2, -0.15) is 0 Å². The Hall–Kier alpha value is -1.05. The molecule has 1 aliphatic heterocycles. The van der Waals surface area contributed by atoms with Gasteiger partial charge >= 0.3 is 0 Å². The summed E-state index contributed by atoms with van der Waals surface area (Å²) in [5, 5.41) is 0. The maximum atomic E-state index is 4.36. The number of hydrogen-bond donors (Lipinski definition) is 0. The van der Waals surface area contributed by atoms with Gasteiger partial charge in [-0.25, -0.2) is 4.98 Å². The van der Waals surface area contributed by atoms with Crippen LogP contribution in [0.3, 0.4) is 0 Å². The highest BCUT2D eigenvalue weighted by Crippen LogP contribution is 2.20. The molecule has 0 amide bonds. The van der Waals surface area contributed by atoms with Gasteiger partial charge in [-0.15, -0.1) is 0 Å². The Morgan fingerprint density at radius 1 is 1.38 bits per heavy atom. The molecule has 2 nitrogen and oxygen atoms in total. The van der Waals surface area contributed by atoms with E-state index >= 15 is 0 Å². The summed E-state index contributed by atoms with van der Waals surface area (Å²) in [5.74, 6) is 1.95. The van der Waals surface area contributed by atoms with Gasteiger partial charge in [-0.1, -0.05) is 33.3 Å². The van der Waals surface area contributed by atoms with Crippen LogP contribution >= 0.6 is 0 Å². The zero-order valence-corrected chi connectivity index (χ0v) is 10.8. The van der Waals surface area contributed by atoms with E-state index in [1.165, 1.54) is 25.8 Å². The molecule has 0 spiro atoms. The van der Waals surface area contributed by atoms with E-state index in [1.807, 2.05) is 12.3 Å². The Labute approximate surface area is 99.7 Å². The monoisotopic (exact) mass is 220 g/mol. The van der Waals surface area contributed by atoms with Crippen molar-refractivity contribution in [2.75, 3.05) is 18.0 Å². The molecule has 0 N–H and O–H groups in total. The van der Waals surface area contributed by atoms with Gasteiger partial charge in [0.15, 0.2) is 0 Å². The number of anilines is 1. The summed E-state index contributed by atoms with van der Waals surface area (Å²) < 4.78 is 0. The van der Waals surface area contributed by atoms with Gasteiger partial charge in [0.2, 0.25) is 0 Å². The summed E-state index contributed by atoms with van der Waals surface area (Å²) in [6.45, 7) is 8.90. The average Bonchev–Trinajstić information content (AvgIpc) is 2.31. The number of piperidine rings is 1. The molecule has 0 aliphatic carbocycles. The molecule has 1 aromatic rings. The number of aromatic nitrogens is 1. The Morgan fingerprint density at radius 2 is 2.12 bits per heavy atom.